The van der Waals surface area contributed by atoms with Gasteiger partial charge in [-0.3, -0.25) is 10.1 Å². The quantitative estimate of drug-likeness (QED) is 0.658. The molecule has 18 heavy (non-hydrogen) atoms. The van der Waals surface area contributed by atoms with Gasteiger partial charge in [-0.1, -0.05) is 12.1 Å². The van der Waals surface area contributed by atoms with E-state index in [-0.39, 0.29) is 11.6 Å². The van der Waals surface area contributed by atoms with Crippen LogP contribution in [0.4, 0.5) is 5.69 Å². The number of benzene rings is 1. The molecule has 6 heteroatoms. The van der Waals surface area contributed by atoms with Crippen molar-refractivity contribution in [3.05, 3.63) is 58.3 Å². The first kappa shape index (κ1) is 12.0. The Kier molecular flexibility index (Phi) is 3.49. The van der Waals surface area contributed by atoms with Gasteiger partial charge in [-0.25, -0.2) is 4.98 Å². The van der Waals surface area contributed by atoms with Gasteiger partial charge in [0.1, 0.15) is 5.75 Å². The van der Waals surface area contributed by atoms with E-state index in [1.54, 1.807) is 18.2 Å². The zero-order valence-electron chi connectivity index (χ0n) is 9.45. The van der Waals surface area contributed by atoms with E-state index in [2.05, 4.69) is 4.98 Å². The maximum Gasteiger partial charge on any atom is 0.331 e. The smallest absolute Gasteiger partial charge is 0.331 e. The third-order valence-electron chi connectivity index (χ3n) is 2.30. The Morgan fingerprint density at radius 2 is 2.17 bits per heavy atom. The van der Waals surface area contributed by atoms with Gasteiger partial charge in [0.15, 0.2) is 0 Å². The lowest BCUT2D eigenvalue weighted by Gasteiger charge is -2.06. The summed E-state index contributed by atoms with van der Waals surface area (Å²) >= 11 is 0. The molecule has 2 aromatic rings. The van der Waals surface area contributed by atoms with Crippen LogP contribution in [0, 0.1) is 10.1 Å². The van der Waals surface area contributed by atoms with Crippen LogP contribution >= 0.6 is 0 Å². The monoisotopic (exact) mass is 245 g/mol. The zero-order chi connectivity index (χ0) is 13.0. The van der Waals surface area contributed by atoms with Gasteiger partial charge in [0.25, 0.3) is 5.88 Å². The van der Waals surface area contributed by atoms with Crippen molar-refractivity contribution in [2.24, 2.45) is 5.73 Å². The van der Waals surface area contributed by atoms with Crippen LogP contribution in [-0.4, -0.2) is 9.91 Å². The molecule has 0 radical (unpaired) electrons. The van der Waals surface area contributed by atoms with Crippen LogP contribution in [0.5, 0.6) is 11.6 Å². The van der Waals surface area contributed by atoms with Gasteiger partial charge in [-0.2, -0.15) is 0 Å². The molecule has 1 aromatic heterocycles. The van der Waals surface area contributed by atoms with Crippen molar-refractivity contribution >= 4 is 5.69 Å². The second-order valence-electron chi connectivity index (χ2n) is 3.54. The van der Waals surface area contributed by atoms with Crippen molar-refractivity contribution in [3.63, 3.8) is 0 Å². The summed E-state index contributed by atoms with van der Waals surface area (Å²) in [5.41, 5.74) is 6.22. The predicted octanol–water partition coefficient (Wildman–Crippen LogP) is 2.24. The van der Waals surface area contributed by atoms with Crippen molar-refractivity contribution < 1.29 is 9.66 Å². The van der Waals surface area contributed by atoms with E-state index >= 15 is 0 Å². The van der Waals surface area contributed by atoms with Gasteiger partial charge >= 0.3 is 5.69 Å². The van der Waals surface area contributed by atoms with Crippen molar-refractivity contribution in [1.82, 2.24) is 4.98 Å². The minimum absolute atomic E-state index is 0.0309. The molecule has 0 aliphatic rings. The number of aromatic nitrogens is 1. The first-order valence-corrected chi connectivity index (χ1v) is 5.27. The first-order chi connectivity index (χ1) is 8.70. The minimum atomic E-state index is -0.533. The number of nitrogens with zero attached hydrogens (tertiary/aromatic N) is 2. The highest BCUT2D eigenvalue weighted by molar-refractivity contribution is 5.43. The van der Waals surface area contributed by atoms with E-state index in [9.17, 15) is 10.1 Å². The van der Waals surface area contributed by atoms with Crippen LogP contribution in [0.2, 0.25) is 0 Å². The molecule has 0 amide bonds. The Morgan fingerprint density at radius 3 is 2.89 bits per heavy atom. The number of nitrogens with two attached hydrogens (primary N) is 1. The lowest BCUT2D eigenvalue weighted by molar-refractivity contribution is -0.386. The Labute approximate surface area is 103 Å². The van der Waals surface area contributed by atoms with E-state index < -0.39 is 4.92 Å². The Morgan fingerprint density at radius 1 is 1.33 bits per heavy atom. The summed E-state index contributed by atoms with van der Waals surface area (Å²) in [6.07, 6.45) is 1.44. The van der Waals surface area contributed by atoms with Crippen LogP contribution in [0.1, 0.15) is 5.56 Å². The van der Waals surface area contributed by atoms with Crippen LogP contribution in [0.25, 0.3) is 0 Å². The number of nitro groups is 1. The zero-order valence-corrected chi connectivity index (χ0v) is 9.45. The van der Waals surface area contributed by atoms with Gasteiger partial charge in [-0.05, 0) is 23.8 Å². The number of ether oxygens (including phenoxy) is 1. The standard InChI is InChI=1S/C12H11N3O3/c13-8-9-3-1-4-10(7-9)18-12-11(15(16)17)5-2-6-14-12/h1-7H,8,13H2. The molecule has 0 saturated carbocycles. The van der Waals surface area contributed by atoms with E-state index in [1.807, 2.05) is 6.07 Å². The van der Waals surface area contributed by atoms with E-state index in [0.717, 1.165) is 5.56 Å². The van der Waals surface area contributed by atoms with E-state index in [0.29, 0.717) is 12.3 Å². The van der Waals surface area contributed by atoms with Gasteiger partial charge in [0, 0.05) is 18.8 Å². The molecular weight excluding hydrogens is 234 g/mol. The molecule has 0 aliphatic heterocycles. The summed E-state index contributed by atoms with van der Waals surface area (Å²) in [5.74, 6) is 0.441. The summed E-state index contributed by atoms with van der Waals surface area (Å²) in [6.45, 7) is 0.376. The van der Waals surface area contributed by atoms with Crippen LogP contribution < -0.4 is 10.5 Å². The highest BCUT2D eigenvalue weighted by Crippen LogP contribution is 2.28. The largest absolute Gasteiger partial charge is 0.434 e. The molecule has 0 fully saturated rings. The first-order valence-electron chi connectivity index (χ1n) is 5.27. The maximum absolute atomic E-state index is 10.8. The molecule has 92 valence electrons. The summed E-state index contributed by atoms with van der Waals surface area (Å²) in [5, 5.41) is 10.8. The fourth-order valence-electron chi connectivity index (χ4n) is 1.45. The molecule has 0 atom stereocenters. The topological polar surface area (TPSA) is 91.3 Å². The average Bonchev–Trinajstić information content (AvgIpc) is 2.39. The summed E-state index contributed by atoms with van der Waals surface area (Å²) in [4.78, 5) is 14.1. The second-order valence-corrected chi connectivity index (χ2v) is 3.54. The molecule has 2 N–H and O–H groups in total. The van der Waals surface area contributed by atoms with Crippen LogP contribution in [0.3, 0.4) is 0 Å². The number of hydrogen-bond acceptors (Lipinski definition) is 5. The molecular formula is C12H11N3O3. The third-order valence-corrected chi connectivity index (χ3v) is 2.30. The van der Waals surface area contributed by atoms with Gasteiger partial charge in [-0.15, -0.1) is 0 Å². The third kappa shape index (κ3) is 2.61. The lowest BCUT2D eigenvalue weighted by atomic mass is 10.2. The van der Waals surface area contributed by atoms with Crippen molar-refractivity contribution in [2.45, 2.75) is 6.54 Å². The van der Waals surface area contributed by atoms with Crippen molar-refractivity contribution in [3.8, 4) is 11.6 Å². The summed E-state index contributed by atoms with van der Waals surface area (Å²) < 4.78 is 5.40. The fourth-order valence-corrected chi connectivity index (χ4v) is 1.45. The molecule has 1 heterocycles. The van der Waals surface area contributed by atoms with Gasteiger partial charge in [0.05, 0.1) is 4.92 Å². The van der Waals surface area contributed by atoms with Gasteiger partial charge in [0.2, 0.25) is 0 Å². The maximum atomic E-state index is 10.8. The van der Waals surface area contributed by atoms with Gasteiger partial charge < -0.3 is 10.5 Å². The molecule has 6 nitrogen and oxygen atoms in total. The Bertz CT molecular complexity index is 572. The number of hydrogen-bond donors (Lipinski definition) is 1. The average molecular weight is 245 g/mol. The molecule has 0 unspecified atom stereocenters. The molecule has 0 bridgehead atoms. The molecule has 0 spiro atoms. The molecule has 0 saturated heterocycles. The van der Waals surface area contributed by atoms with Crippen molar-refractivity contribution in [1.29, 1.82) is 0 Å². The summed E-state index contributed by atoms with van der Waals surface area (Å²) in [7, 11) is 0. The van der Waals surface area contributed by atoms with Crippen molar-refractivity contribution in [2.75, 3.05) is 0 Å². The highest BCUT2D eigenvalue weighted by Gasteiger charge is 2.16. The van der Waals surface area contributed by atoms with Crippen LogP contribution in [-0.2, 0) is 6.54 Å². The lowest BCUT2D eigenvalue weighted by Crippen LogP contribution is -1.98. The Hall–Kier alpha value is -2.47. The number of pyridine rings is 1. The molecule has 2 rings (SSSR count). The normalized spacial score (nSPS) is 10.1. The SMILES string of the molecule is NCc1cccc(Oc2ncccc2[N+](=O)[O-])c1. The minimum Gasteiger partial charge on any atom is -0.434 e. The fraction of sp³-hybridized carbons (Fsp3) is 0.0833. The predicted molar refractivity (Wildman–Crippen MR) is 65.3 cm³/mol. The Balaban J connectivity index is 2.31. The highest BCUT2D eigenvalue weighted by atomic mass is 16.6. The summed E-state index contributed by atoms with van der Waals surface area (Å²) in [6, 6.07) is 9.86. The number of rotatable bonds is 4. The molecule has 1 aromatic carbocycles. The van der Waals surface area contributed by atoms with Crippen LogP contribution in [0.15, 0.2) is 42.6 Å². The second kappa shape index (κ2) is 5.24. The van der Waals surface area contributed by atoms with E-state index in [1.165, 1.54) is 18.3 Å². The molecule has 0 aliphatic carbocycles. The van der Waals surface area contributed by atoms with E-state index in [4.69, 9.17) is 10.5 Å².